The molecule has 0 aromatic rings. The van der Waals surface area contributed by atoms with Gasteiger partial charge in [-0.2, -0.15) is 0 Å². The van der Waals surface area contributed by atoms with Gasteiger partial charge in [-0.1, -0.05) is 0 Å². The van der Waals surface area contributed by atoms with Crippen molar-refractivity contribution in [3.8, 4) is 0 Å². The van der Waals surface area contributed by atoms with Gasteiger partial charge in [-0.3, -0.25) is 0 Å². The maximum Gasteiger partial charge on any atom is 2.00 e. The van der Waals surface area contributed by atoms with Crippen molar-refractivity contribution in [3.63, 3.8) is 0 Å². The van der Waals surface area contributed by atoms with Gasteiger partial charge in [-0.15, -0.1) is 0 Å². The third-order valence-corrected chi connectivity index (χ3v) is 0. The van der Waals surface area contributed by atoms with Crippen LogP contribution in [0, 0.1) is 0 Å². The Morgan fingerprint density at radius 3 is 0.667 bits per heavy atom. The van der Waals surface area contributed by atoms with Gasteiger partial charge in [0.2, 0.25) is 0 Å². The molecule has 0 saturated heterocycles. The van der Waals surface area contributed by atoms with E-state index in [1.165, 1.54) is 0 Å². The zero-order valence-corrected chi connectivity index (χ0v) is 8.35. The van der Waals surface area contributed by atoms with Crippen LogP contribution in [0.1, 0.15) is 0 Å². The summed E-state index contributed by atoms with van der Waals surface area (Å²) in [6, 6.07) is 0. The van der Waals surface area contributed by atoms with E-state index in [0.717, 1.165) is 0 Å². The fourth-order valence-electron chi connectivity index (χ4n) is 0. The van der Waals surface area contributed by atoms with E-state index < -0.39 is 0 Å². The first-order valence-electron chi connectivity index (χ1n) is 0. The van der Waals surface area contributed by atoms with Crippen LogP contribution in [0.2, 0.25) is 0 Å². The van der Waals surface area contributed by atoms with Gasteiger partial charge < -0.3 is 15.7 Å². The number of hydrogen-bond donors (Lipinski definition) is 0. The Labute approximate surface area is 97.7 Å². The minimum absolute atomic E-state index is 0. The molecule has 0 radical (unpaired) electrons. The molecule has 0 heterocycles. The summed E-state index contributed by atoms with van der Waals surface area (Å²) in [5, 5.41) is 0. The Bertz CT molecular complexity index is 11.5. The summed E-state index contributed by atoms with van der Waals surface area (Å²) < 4.78 is 0. The van der Waals surface area contributed by atoms with Gasteiger partial charge in [-0.25, -0.2) is 0 Å². The van der Waals surface area contributed by atoms with Crippen LogP contribution < -0.4 is 4.70 Å². The maximum absolute atomic E-state index is 0. The molecular formula is CaFMg2O2+. The summed E-state index contributed by atoms with van der Waals surface area (Å²) >= 11 is 0. The van der Waals surface area contributed by atoms with E-state index in [2.05, 4.69) is 0 Å². The molecule has 0 bridgehead atoms. The summed E-state index contributed by atoms with van der Waals surface area (Å²) in [4.78, 5) is 0. The first-order chi connectivity index (χ1) is 0. The Balaban J connectivity index is 0. The molecule has 0 spiro atoms. The standard InChI is InChI=1S/Ca.FH.2Mg.2O/h;1H;;;;/q+2;;2*+2;2*-2/p-1. The van der Waals surface area contributed by atoms with Crippen LogP contribution in [-0.2, 0) is 11.0 Å². The largest absolute Gasteiger partial charge is 2.00 e. The number of halogens is 1. The quantitative estimate of drug-likeness (QED) is 0.305. The predicted molar refractivity (Wildman–Crippen MR) is 18.6 cm³/mol. The molecule has 0 aliphatic carbocycles. The molecule has 0 atom stereocenters. The molecule has 0 aliphatic heterocycles. The Morgan fingerprint density at radius 1 is 0.667 bits per heavy atom. The van der Waals surface area contributed by atoms with Gasteiger partial charge in [0, 0.05) is 0 Å². The molecule has 2 nitrogen and oxygen atoms in total. The van der Waals surface area contributed by atoms with Crippen molar-refractivity contribution in [1.29, 1.82) is 0 Å². The molecule has 0 amide bonds. The van der Waals surface area contributed by atoms with Crippen LogP contribution in [0.5, 0.6) is 0 Å². The Kier molecular flexibility index (Phi) is 582. The maximum atomic E-state index is 0. The van der Waals surface area contributed by atoms with Gasteiger partial charge in [0.1, 0.15) is 0 Å². The first kappa shape index (κ1) is 72.3. The minimum Gasteiger partial charge on any atom is -2.00 e. The van der Waals surface area contributed by atoms with E-state index in [4.69, 9.17) is 0 Å². The van der Waals surface area contributed by atoms with Gasteiger partial charge in [0.05, 0.1) is 0 Å². The summed E-state index contributed by atoms with van der Waals surface area (Å²) in [7, 11) is 0. The van der Waals surface area contributed by atoms with Gasteiger partial charge in [0.15, 0.2) is 0 Å². The molecule has 0 aromatic heterocycles. The second-order valence-electron chi connectivity index (χ2n) is 0. The van der Waals surface area contributed by atoms with Gasteiger partial charge in [0.25, 0.3) is 0 Å². The Morgan fingerprint density at radius 2 is 0.667 bits per heavy atom. The van der Waals surface area contributed by atoms with Crippen LogP contribution >= 0.6 is 0 Å². The zero-order valence-electron chi connectivity index (χ0n) is 3.32. The normalized spacial score (nSPS) is 0. The number of rotatable bonds is 0. The molecule has 0 N–H and O–H groups in total. The molecule has 0 saturated carbocycles. The van der Waals surface area contributed by atoms with Crippen molar-refractivity contribution >= 4 is 83.8 Å². The van der Waals surface area contributed by atoms with Crippen LogP contribution in [0.3, 0.4) is 0 Å². The Hall–Kier alpha value is 2.64. The van der Waals surface area contributed by atoms with Crippen molar-refractivity contribution in [1.82, 2.24) is 0 Å². The fourth-order valence-corrected chi connectivity index (χ4v) is 0. The summed E-state index contributed by atoms with van der Waals surface area (Å²) in [5.41, 5.74) is 0. The topological polar surface area (TPSA) is 57.0 Å². The van der Waals surface area contributed by atoms with Crippen molar-refractivity contribution in [2.75, 3.05) is 0 Å². The predicted octanol–water partition coefficient (Wildman–Crippen LogP) is -4.38. The van der Waals surface area contributed by atoms with Crippen molar-refractivity contribution in [2.24, 2.45) is 0 Å². The van der Waals surface area contributed by atoms with E-state index in [9.17, 15) is 0 Å². The van der Waals surface area contributed by atoms with Crippen molar-refractivity contribution < 1.29 is 15.7 Å². The average Bonchev–Trinajstić information content (AvgIpc) is 0. The van der Waals surface area contributed by atoms with E-state index >= 15 is 0 Å². The molecule has 0 aromatic carbocycles. The molecule has 0 unspecified atom stereocenters. The molecule has 0 rings (SSSR count). The van der Waals surface area contributed by atoms with E-state index in [1.54, 1.807) is 0 Å². The third kappa shape index (κ3) is 30.3. The zero-order chi connectivity index (χ0) is 0. The van der Waals surface area contributed by atoms with Crippen LogP contribution in [0.25, 0.3) is 0 Å². The molecular weight excluding hydrogens is 140 g/mol. The average molecular weight is 140 g/mol. The van der Waals surface area contributed by atoms with Crippen LogP contribution in [0.15, 0.2) is 0 Å². The van der Waals surface area contributed by atoms with Crippen LogP contribution in [0.4, 0.5) is 0 Å². The van der Waals surface area contributed by atoms with Crippen molar-refractivity contribution in [3.05, 3.63) is 0 Å². The summed E-state index contributed by atoms with van der Waals surface area (Å²) in [5.74, 6) is 0. The summed E-state index contributed by atoms with van der Waals surface area (Å²) in [6.45, 7) is 0. The monoisotopic (exact) mass is 139 g/mol. The van der Waals surface area contributed by atoms with Crippen LogP contribution in [-0.4, -0.2) is 83.8 Å². The fraction of sp³-hybridized carbons (Fsp3) is 0. The molecule has 0 fully saturated rings. The first-order valence-corrected chi connectivity index (χ1v) is 0. The summed E-state index contributed by atoms with van der Waals surface area (Å²) in [6.07, 6.45) is 0. The molecule has 0 aliphatic rings. The van der Waals surface area contributed by atoms with Crippen molar-refractivity contribution in [2.45, 2.75) is 0 Å². The van der Waals surface area contributed by atoms with E-state index in [1.807, 2.05) is 0 Å². The second-order valence-corrected chi connectivity index (χ2v) is 0. The third-order valence-electron chi connectivity index (χ3n) is 0. The molecule has 6 heteroatoms. The number of hydrogen-bond acceptors (Lipinski definition) is 0. The molecule has 24 valence electrons. The molecule has 6 heavy (non-hydrogen) atoms. The van der Waals surface area contributed by atoms with Gasteiger partial charge in [-0.05, 0) is 0 Å². The SMILES string of the molecule is [Ca+2].[F-].[Mg+2].[Mg+2].[O-2].[O-2]. The van der Waals surface area contributed by atoms with Gasteiger partial charge >= 0.3 is 83.8 Å². The van der Waals surface area contributed by atoms with E-state index in [-0.39, 0.29) is 99.5 Å². The van der Waals surface area contributed by atoms with E-state index in [0.29, 0.717) is 0 Å². The minimum atomic E-state index is 0. The second kappa shape index (κ2) is 48.3. The smallest absolute Gasteiger partial charge is 2.00 e.